The van der Waals surface area contributed by atoms with Gasteiger partial charge in [-0.2, -0.15) is 0 Å². The highest BCUT2D eigenvalue weighted by Gasteiger charge is 2.05. The van der Waals surface area contributed by atoms with Crippen LogP contribution in [0.3, 0.4) is 0 Å². The highest BCUT2D eigenvalue weighted by molar-refractivity contribution is 6.40. The first kappa shape index (κ1) is 10.2. The molecule has 0 atom stereocenters. The van der Waals surface area contributed by atoms with Gasteiger partial charge in [-0.1, -0.05) is 18.6 Å². The maximum Gasteiger partial charge on any atom is 0.451 e. The third-order valence-electron chi connectivity index (χ3n) is 1.84. The molecule has 0 saturated heterocycles. The summed E-state index contributed by atoms with van der Waals surface area (Å²) in [6.07, 6.45) is 1.80. The molecule has 1 aromatic rings. The first-order chi connectivity index (χ1) is 6.18. The highest BCUT2D eigenvalue weighted by atomic mass is 19.1. The minimum atomic E-state index is -1.24. The van der Waals surface area contributed by atoms with E-state index < -0.39 is 7.12 Å². The number of hydrogen-bond donors (Lipinski definition) is 2. The van der Waals surface area contributed by atoms with E-state index in [-0.39, 0.29) is 5.82 Å². The van der Waals surface area contributed by atoms with Gasteiger partial charge >= 0.3 is 7.12 Å². The zero-order valence-electron chi connectivity index (χ0n) is 7.28. The van der Waals surface area contributed by atoms with Gasteiger partial charge in [0, 0.05) is 0 Å². The second-order valence-corrected chi connectivity index (χ2v) is 3.00. The average Bonchev–Trinajstić information content (AvgIpc) is 2.08. The fraction of sp³-hybridized carbons (Fsp3) is 0.333. The van der Waals surface area contributed by atoms with Gasteiger partial charge in [0.2, 0.25) is 0 Å². The molecule has 0 amide bonds. The number of halogens is 1. The largest absolute Gasteiger partial charge is 0.451 e. The fourth-order valence-corrected chi connectivity index (χ4v) is 1.14. The van der Waals surface area contributed by atoms with E-state index in [1.54, 1.807) is 12.1 Å². The first-order valence-corrected chi connectivity index (χ1v) is 4.29. The Hall–Kier alpha value is -0.865. The third kappa shape index (κ3) is 4.06. The van der Waals surface area contributed by atoms with Crippen molar-refractivity contribution in [1.29, 1.82) is 0 Å². The van der Waals surface area contributed by atoms with E-state index in [0.29, 0.717) is 12.7 Å². The number of rotatable bonds is 4. The van der Waals surface area contributed by atoms with Crippen LogP contribution in [-0.2, 0) is 6.42 Å². The van der Waals surface area contributed by atoms with Crippen LogP contribution in [0.1, 0.15) is 12.0 Å². The predicted octanol–water partition coefficient (Wildman–Crippen LogP) is 1.23. The third-order valence-corrected chi connectivity index (χ3v) is 1.84. The summed E-state index contributed by atoms with van der Waals surface area (Å²) in [6, 6.07) is 6.23. The van der Waals surface area contributed by atoms with Gasteiger partial charge in [0.05, 0.1) is 0 Å². The van der Waals surface area contributed by atoms with Gasteiger partial charge in [-0.15, -0.1) is 0 Å². The normalized spacial score (nSPS) is 10.1. The Morgan fingerprint density at radius 3 is 2.31 bits per heavy atom. The zero-order valence-corrected chi connectivity index (χ0v) is 7.28. The van der Waals surface area contributed by atoms with E-state index in [1.165, 1.54) is 12.1 Å². The van der Waals surface area contributed by atoms with Crippen LogP contribution in [0.4, 0.5) is 4.39 Å². The fourth-order valence-electron chi connectivity index (χ4n) is 1.14. The summed E-state index contributed by atoms with van der Waals surface area (Å²) in [4.78, 5) is 0. The molecule has 0 unspecified atom stereocenters. The van der Waals surface area contributed by atoms with E-state index in [1.807, 2.05) is 0 Å². The van der Waals surface area contributed by atoms with Crippen molar-refractivity contribution in [3.63, 3.8) is 0 Å². The Kier molecular flexibility index (Phi) is 3.92. The standard InChI is InChI=1S/C9H12BFO2/c11-9-5-3-8(4-6-9)2-1-7-10(12)13/h3-6,12-13H,1-2,7H2. The summed E-state index contributed by atoms with van der Waals surface area (Å²) in [5.41, 5.74) is 1.02. The Bertz CT molecular complexity index is 248. The molecule has 13 heavy (non-hydrogen) atoms. The van der Waals surface area contributed by atoms with Crippen LogP contribution in [-0.4, -0.2) is 17.2 Å². The smallest absolute Gasteiger partial charge is 0.427 e. The maximum absolute atomic E-state index is 12.5. The van der Waals surface area contributed by atoms with Crippen LogP contribution < -0.4 is 0 Å². The minimum absolute atomic E-state index is 0.244. The van der Waals surface area contributed by atoms with Gasteiger partial charge < -0.3 is 10.0 Å². The lowest BCUT2D eigenvalue weighted by atomic mass is 9.83. The molecule has 0 fully saturated rings. The van der Waals surface area contributed by atoms with Crippen molar-refractivity contribution in [3.05, 3.63) is 35.6 Å². The molecule has 2 N–H and O–H groups in total. The lowest BCUT2D eigenvalue weighted by molar-refractivity contribution is 0.403. The summed E-state index contributed by atoms with van der Waals surface area (Å²) in [5, 5.41) is 17.1. The molecule has 1 aromatic carbocycles. The Labute approximate surface area is 77.2 Å². The molecule has 0 saturated carbocycles. The zero-order chi connectivity index (χ0) is 9.68. The minimum Gasteiger partial charge on any atom is -0.427 e. The number of hydrogen-bond acceptors (Lipinski definition) is 2. The van der Waals surface area contributed by atoms with Gasteiger partial charge in [-0.3, -0.25) is 0 Å². The van der Waals surface area contributed by atoms with Gasteiger partial charge in [0.1, 0.15) is 5.82 Å². The van der Waals surface area contributed by atoms with Crippen LogP contribution >= 0.6 is 0 Å². The second-order valence-electron chi connectivity index (χ2n) is 3.00. The molecular formula is C9H12BFO2. The molecule has 4 heteroatoms. The van der Waals surface area contributed by atoms with Crippen molar-refractivity contribution in [2.75, 3.05) is 0 Å². The highest BCUT2D eigenvalue weighted by Crippen LogP contribution is 2.07. The topological polar surface area (TPSA) is 40.5 Å². The summed E-state index contributed by atoms with van der Waals surface area (Å²) in [6.45, 7) is 0. The van der Waals surface area contributed by atoms with Crippen LogP contribution in [0.15, 0.2) is 24.3 Å². The predicted molar refractivity (Wildman–Crippen MR) is 49.7 cm³/mol. The molecule has 0 aliphatic heterocycles. The van der Waals surface area contributed by atoms with Crippen molar-refractivity contribution >= 4 is 7.12 Å². The van der Waals surface area contributed by atoms with E-state index in [0.717, 1.165) is 12.0 Å². The van der Waals surface area contributed by atoms with Crippen molar-refractivity contribution in [2.24, 2.45) is 0 Å². The van der Waals surface area contributed by atoms with Crippen LogP contribution in [0.25, 0.3) is 0 Å². The molecule has 2 nitrogen and oxygen atoms in total. The molecule has 70 valence electrons. The van der Waals surface area contributed by atoms with E-state index in [4.69, 9.17) is 10.0 Å². The van der Waals surface area contributed by atoms with E-state index in [9.17, 15) is 4.39 Å². The summed E-state index contributed by atoms with van der Waals surface area (Å²) in [5.74, 6) is -0.244. The molecular weight excluding hydrogens is 170 g/mol. The number of aryl methyl sites for hydroxylation is 1. The lowest BCUT2D eigenvalue weighted by Gasteiger charge is -2.00. The van der Waals surface area contributed by atoms with E-state index >= 15 is 0 Å². The van der Waals surface area contributed by atoms with Crippen LogP contribution in [0.2, 0.25) is 6.32 Å². The van der Waals surface area contributed by atoms with Gasteiger partial charge in [-0.05, 0) is 30.4 Å². The molecule has 0 heterocycles. The Morgan fingerprint density at radius 2 is 1.77 bits per heavy atom. The lowest BCUT2D eigenvalue weighted by Crippen LogP contribution is -2.09. The summed E-state index contributed by atoms with van der Waals surface area (Å²) >= 11 is 0. The van der Waals surface area contributed by atoms with Crippen molar-refractivity contribution in [2.45, 2.75) is 19.2 Å². The molecule has 0 spiro atoms. The quantitative estimate of drug-likeness (QED) is 0.687. The van der Waals surface area contributed by atoms with Crippen LogP contribution in [0, 0.1) is 5.82 Å². The van der Waals surface area contributed by atoms with Crippen LogP contribution in [0.5, 0.6) is 0 Å². The van der Waals surface area contributed by atoms with E-state index in [2.05, 4.69) is 0 Å². The molecule has 0 bridgehead atoms. The second kappa shape index (κ2) is 4.99. The molecule has 0 radical (unpaired) electrons. The SMILES string of the molecule is OB(O)CCCc1ccc(F)cc1. The summed E-state index contributed by atoms with van der Waals surface area (Å²) < 4.78 is 12.5. The van der Waals surface area contributed by atoms with Crippen molar-refractivity contribution < 1.29 is 14.4 Å². The molecule has 1 rings (SSSR count). The Morgan fingerprint density at radius 1 is 1.15 bits per heavy atom. The monoisotopic (exact) mass is 182 g/mol. The van der Waals surface area contributed by atoms with Gasteiger partial charge in [0.15, 0.2) is 0 Å². The number of benzene rings is 1. The van der Waals surface area contributed by atoms with Gasteiger partial charge in [0.25, 0.3) is 0 Å². The molecule has 0 aliphatic rings. The maximum atomic E-state index is 12.5. The van der Waals surface area contributed by atoms with Crippen molar-refractivity contribution in [1.82, 2.24) is 0 Å². The average molecular weight is 182 g/mol. The molecule has 0 aromatic heterocycles. The van der Waals surface area contributed by atoms with Gasteiger partial charge in [-0.25, -0.2) is 4.39 Å². The summed E-state index contributed by atoms with van der Waals surface area (Å²) in [7, 11) is -1.24. The Balaban J connectivity index is 2.33. The molecule has 0 aliphatic carbocycles. The van der Waals surface area contributed by atoms with Crippen molar-refractivity contribution in [3.8, 4) is 0 Å². The first-order valence-electron chi connectivity index (χ1n) is 4.29.